The zero-order valence-electron chi connectivity index (χ0n) is 10.0. The SMILES string of the molecule is COc1ccc(C[13C](=O)N2CCOCC2)cc1. The molecule has 1 saturated heterocycles. The van der Waals surface area contributed by atoms with Crippen molar-refractivity contribution in [3.63, 3.8) is 0 Å². The fourth-order valence-corrected chi connectivity index (χ4v) is 1.84. The molecule has 0 spiro atoms. The van der Waals surface area contributed by atoms with Gasteiger partial charge in [0.05, 0.1) is 26.7 Å². The van der Waals surface area contributed by atoms with Crippen molar-refractivity contribution in [1.82, 2.24) is 4.90 Å². The normalized spacial score (nSPS) is 15.7. The monoisotopic (exact) mass is 236 g/mol. The molecule has 0 atom stereocenters. The average molecular weight is 236 g/mol. The fourth-order valence-electron chi connectivity index (χ4n) is 1.84. The van der Waals surface area contributed by atoms with E-state index in [0.717, 1.165) is 11.3 Å². The van der Waals surface area contributed by atoms with Crippen LogP contribution in [0.3, 0.4) is 0 Å². The number of methoxy groups -OCH3 is 1. The van der Waals surface area contributed by atoms with Gasteiger partial charge in [0.15, 0.2) is 0 Å². The second kappa shape index (κ2) is 5.68. The van der Waals surface area contributed by atoms with Gasteiger partial charge in [0, 0.05) is 13.1 Å². The Morgan fingerprint density at radius 1 is 1.29 bits per heavy atom. The van der Waals surface area contributed by atoms with Crippen LogP contribution in [0.5, 0.6) is 5.75 Å². The molecule has 4 nitrogen and oxygen atoms in total. The Hall–Kier alpha value is -1.55. The first-order chi connectivity index (χ1) is 8.29. The van der Waals surface area contributed by atoms with Crippen molar-refractivity contribution in [2.45, 2.75) is 6.42 Å². The lowest BCUT2D eigenvalue weighted by Crippen LogP contribution is -2.41. The van der Waals surface area contributed by atoms with Gasteiger partial charge in [-0.3, -0.25) is 4.79 Å². The Bertz CT molecular complexity index is 369. The van der Waals surface area contributed by atoms with Crippen LogP contribution in [0.15, 0.2) is 24.3 Å². The summed E-state index contributed by atoms with van der Waals surface area (Å²) >= 11 is 0. The van der Waals surface area contributed by atoms with E-state index < -0.39 is 0 Å². The van der Waals surface area contributed by atoms with Crippen LogP contribution in [-0.4, -0.2) is 44.2 Å². The molecule has 4 heteroatoms. The molecule has 0 radical (unpaired) electrons. The Labute approximate surface area is 101 Å². The molecule has 0 saturated carbocycles. The highest BCUT2D eigenvalue weighted by molar-refractivity contribution is 5.78. The molecule has 1 fully saturated rings. The molecule has 2 rings (SSSR count). The largest absolute Gasteiger partial charge is 0.497 e. The smallest absolute Gasteiger partial charge is 0.227 e. The molecule has 0 aromatic heterocycles. The summed E-state index contributed by atoms with van der Waals surface area (Å²) in [4.78, 5) is 13.8. The van der Waals surface area contributed by atoms with E-state index in [1.54, 1.807) is 7.11 Å². The molecule has 1 aromatic rings. The highest BCUT2D eigenvalue weighted by Gasteiger charge is 2.16. The van der Waals surface area contributed by atoms with Crippen molar-refractivity contribution in [1.29, 1.82) is 0 Å². The van der Waals surface area contributed by atoms with Crippen LogP contribution in [-0.2, 0) is 16.0 Å². The van der Waals surface area contributed by atoms with Crippen molar-refractivity contribution in [3.8, 4) is 5.75 Å². The lowest BCUT2D eigenvalue weighted by Gasteiger charge is -2.26. The number of hydrogen-bond acceptors (Lipinski definition) is 3. The van der Waals surface area contributed by atoms with Gasteiger partial charge in [0.2, 0.25) is 5.91 Å². The maximum atomic E-state index is 12.0. The molecular formula is C13H17NO3. The maximum Gasteiger partial charge on any atom is 0.227 e. The molecule has 0 bridgehead atoms. The fraction of sp³-hybridized carbons (Fsp3) is 0.462. The summed E-state index contributed by atoms with van der Waals surface area (Å²) in [6.45, 7) is 2.70. The van der Waals surface area contributed by atoms with Crippen LogP contribution in [0.1, 0.15) is 5.56 Å². The van der Waals surface area contributed by atoms with E-state index in [9.17, 15) is 4.79 Å². The van der Waals surface area contributed by atoms with Crippen molar-refractivity contribution in [3.05, 3.63) is 29.8 Å². The zero-order chi connectivity index (χ0) is 12.1. The third-order valence-corrected chi connectivity index (χ3v) is 2.88. The minimum Gasteiger partial charge on any atom is -0.497 e. The van der Waals surface area contributed by atoms with Crippen molar-refractivity contribution >= 4 is 5.91 Å². The highest BCUT2D eigenvalue weighted by Crippen LogP contribution is 2.12. The lowest BCUT2D eigenvalue weighted by molar-refractivity contribution is -0.134. The van der Waals surface area contributed by atoms with Crippen LogP contribution in [0, 0.1) is 0 Å². The minimum absolute atomic E-state index is 0.165. The van der Waals surface area contributed by atoms with E-state index >= 15 is 0 Å². The maximum absolute atomic E-state index is 12.0. The zero-order valence-corrected chi connectivity index (χ0v) is 10.0. The molecular weight excluding hydrogens is 219 g/mol. The van der Waals surface area contributed by atoms with E-state index in [2.05, 4.69) is 0 Å². The molecule has 92 valence electrons. The summed E-state index contributed by atoms with van der Waals surface area (Å²) in [7, 11) is 1.63. The Morgan fingerprint density at radius 3 is 2.53 bits per heavy atom. The predicted molar refractivity (Wildman–Crippen MR) is 64.1 cm³/mol. The molecule has 0 aliphatic carbocycles. The van der Waals surface area contributed by atoms with E-state index in [1.165, 1.54) is 0 Å². The summed E-state index contributed by atoms with van der Waals surface area (Å²) in [6, 6.07) is 7.61. The molecule has 1 aromatic carbocycles. The second-order valence-electron chi connectivity index (χ2n) is 4.02. The molecule has 1 aliphatic rings. The summed E-state index contributed by atoms with van der Waals surface area (Å²) in [5, 5.41) is 0. The van der Waals surface area contributed by atoms with Crippen LogP contribution in [0.2, 0.25) is 0 Å². The van der Waals surface area contributed by atoms with Crippen molar-refractivity contribution < 1.29 is 14.3 Å². The average Bonchev–Trinajstić information content (AvgIpc) is 2.40. The number of carbonyl (C=O) groups is 1. The number of morpholine rings is 1. The van der Waals surface area contributed by atoms with Gasteiger partial charge >= 0.3 is 0 Å². The van der Waals surface area contributed by atoms with Gasteiger partial charge in [-0.15, -0.1) is 0 Å². The van der Waals surface area contributed by atoms with Crippen molar-refractivity contribution in [2.24, 2.45) is 0 Å². The first-order valence-corrected chi connectivity index (χ1v) is 5.78. The first-order valence-electron chi connectivity index (χ1n) is 5.78. The molecule has 1 aliphatic heterocycles. The van der Waals surface area contributed by atoms with Gasteiger partial charge in [-0.25, -0.2) is 0 Å². The molecule has 0 unspecified atom stereocenters. The van der Waals surface area contributed by atoms with E-state index in [4.69, 9.17) is 9.47 Å². The van der Waals surface area contributed by atoms with Crippen molar-refractivity contribution in [2.75, 3.05) is 33.4 Å². The van der Waals surface area contributed by atoms with Gasteiger partial charge in [0.25, 0.3) is 0 Å². The van der Waals surface area contributed by atoms with Gasteiger partial charge in [-0.2, -0.15) is 0 Å². The Balaban J connectivity index is 1.92. The highest BCUT2D eigenvalue weighted by atomic mass is 16.5. The summed E-state index contributed by atoms with van der Waals surface area (Å²) in [5.41, 5.74) is 1.02. The lowest BCUT2D eigenvalue weighted by atomic mass is 10.2. The topological polar surface area (TPSA) is 38.8 Å². The van der Waals surface area contributed by atoms with E-state index in [-0.39, 0.29) is 5.91 Å². The van der Waals surface area contributed by atoms with Gasteiger partial charge in [-0.05, 0) is 17.7 Å². The molecule has 17 heavy (non-hydrogen) atoms. The quantitative estimate of drug-likeness (QED) is 0.738. The minimum atomic E-state index is 0.165. The second-order valence-corrected chi connectivity index (χ2v) is 4.02. The third-order valence-electron chi connectivity index (χ3n) is 2.88. The van der Waals surface area contributed by atoms with Crippen LogP contribution >= 0.6 is 0 Å². The predicted octanol–water partition coefficient (Wildman–Crippen LogP) is 1.10. The standard InChI is InChI=1S/C13H17NO3/c1-16-12-4-2-11(3-5-12)10-13(15)14-6-8-17-9-7-14/h2-5H,6-10H2,1H3/i13+1. The van der Waals surface area contributed by atoms with Crippen LogP contribution < -0.4 is 4.74 Å². The number of hydrogen-bond donors (Lipinski definition) is 0. The van der Waals surface area contributed by atoms with Gasteiger partial charge in [-0.1, -0.05) is 12.1 Å². The molecule has 1 amide bonds. The summed E-state index contributed by atoms with van der Waals surface area (Å²) in [5.74, 6) is 0.978. The Kier molecular flexibility index (Phi) is 3.98. The van der Waals surface area contributed by atoms with E-state index in [1.807, 2.05) is 29.2 Å². The number of carbonyl (C=O) groups excluding carboxylic acids is 1. The first kappa shape index (κ1) is 11.9. The number of ether oxygens (including phenoxy) is 2. The van der Waals surface area contributed by atoms with Crippen LogP contribution in [0.4, 0.5) is 0 Å². The van der Waals surface area contributed by atoms with Crippen LogP contribution in [0.25, 0.3) is 0 Å². The van der Waals surface area contributed by atoms with Gasteiger partial charge in [0.1, 0.15) is 5.75 Å². The van der Waals surface area contributed by atoms with Gasteiger partial charge < -0.3 is 14.4 Å². The van der Waals surface area contributed by atoms with E-state index in [0.29, 0.717) is 32.7 Å². The summed E-state index contributed by atoms with van der Waals surface area (Å²) in [6.07, 6.45) is 0.448. The number of amides is 1. The Morgan fingerprint density at radius 2 is 1.94 bits per heavy atom. The third kappa shape index (κ3) is 3.20. The number of nitrogens with zero attached hydrogens (tertiary/aromatic N) is 1. The molecule has 1 heterocycles. The molecule has 0 N–H and O–H groups in total. The summed E-state index contributed by atoms with van der Waals surface area (Å²) < 4.78 is 10.3. The number of rotatable bonds is 3. The number of benzene rings is 1.